The summed E-state index contributed by atoms with van der Waals surface area (Å²) in [5, 5.41) is 5.49. The van der Waals surface area contributed by atoms with Crippen molar-refractivity contribution in [3.8, 4) is 0 Å². The third-order valence-electron chi connectivity index (χ3n) is 2.70. The van der Waals surface area contributed by atoms with E-state index in [1.54, 1.807) is 24.3 Å². The Hall–Kier alpha value is -1.52. The van der Waals surface area contributed by atoms with Gasteiger partial charge in [0, 0.05) is 18.7 Å². The van der Waals surface area contributed by atoms with Crippen LogP contribution in [0, 0.1) is 0 Å². The summed E-state index contributed by atoms with van der Waals surface area (Å²) in [5.74, 6) is -0.206. The molecule has 0 unspecified atom stereocenters. The molecule has 4 N–H and O–H groups in total. The molecule has 0 saturated heterocycles. The van der Waals surface area contributed by atoms with Crippen LogP contribution in [-0.2, 0) is 6.54 Å². The largest absolute Gasteiger partial charge is 0.390 e. The van der Waals surface area contributed by atoms with Crippen molar-refractivity contribution in [2.24, 2.45) is 10.7 Å². The molecule has 1 amide bonds. The lowest BCUT2D eigenvalue weighted by atomic mass is 10.1. The lowest BCUT2D eigenvalue weighted by molar-refractivity contribution is -0.132. The van der Waals surface area contributed by atoms with Gasteiger partial charge in [-0.15, -0.1) is 24.0 Å². The molecule has 0 aromatic heterocycles. The lowest BCUT2D eigenvalue weighted by Crippen LogP contribution is -2.38. The van der Waals surface area contributed by atoms with E-state index in [2.05, 4.69) is 15.6 Å². The van der Waals surface area contributed by atoms with Crippen molar-refractivity contribution in [2.75, 3.05) is 13.1 Å². The first kappa shape index (κ1) is 21.5. The van der Waals surface area contributed by atoms with E-state index in [4.69, 9.17) is 5.73 Å². The molecular formula is C14H20F3IN4O. The van der Waals surface area contributed by atoms with Crippen molar-refractivity contribution in [1.82, 2.24) is 10.6 Å². The minimum atomic E-state index is -4.20. The number of aliphatic imine (C=N–C) groups is 1. The number of guanidine groups is 1. The van der Waals surface area contributed by atoms with Crippen LogP contribution in [0.3, 0.4) is 0 Å². The van der Waals surface area contributed by atoms with Gasteiger partial charge in [-0.1, -0.05) is 12.1 Å². The second-order valence-corrected chi connectivity index (χ2v) is 4.55. The summed E-state index contributed by atoms with van der Waals surface area (Å²) in [7, 11) is 0. The maximum absolute atomic E-state index is 12.1. The maximum Gasteiger partial charge on any atom is 0.390 e. The molecule has 9 heteroatoms. The SMILES string of the molecule is CCNC(=NCc1ccc(C(N)=O)cc1)NCCC(F)(F)F.I. The zero-order chi connectivity index (χ0) is 16.6. The van der Waals surface area contributed by atoms with Gasteiger partial charge in [0.25, 0.3) is 0 Å². The highest BCUT2D eigenvalue weighted by Crippen LogP contribution is 2.18. The Morgan fingerprint density at radius 3 is 2.30 bits per heavy atom. The van der Waals surface area contributed by atoms with Crippen molar-refractivity contribution >= 4 is 35.8 Å². The van der Waals surface area contributed by atoms with Gasteiger partial charge in [0.2, 0.25) is 5.91 Å². The zero-order valence-electron chi connectivity index (χ0n) is 12.6. The molecule has 130 valence electrons. The van der Waals surface area contributed by atoms with Gasteiger partial charge in [-0.05, 0) is 24.6 Å². The van der Waals surface area contributed by atoms with Crippen LogP contribution in [-0.4, -0.2) is 31.1 Å². The normalized spacial score (nSPS) is 11.6. The molecular weight excluding hydrogens is 424 g/mol. The highest BCUT2D eigenvalue weighted by Gasteiger charge is 2.26. The highest BCUT2D eigenvalue weighted by molar-refractivity contribution is 14.0. The van der Waals surface area contributed by atoms with Crippen LogP contribution in [0.15, 0.2) is 29.3 Å². The Kier molecular flexibility index (Phi) is 9.61. The van der Waals surface area contributed by atoms with Crippen molar-refractivity contribution < 1.29 is 18.0 Å². The van der Waals surface area contributed by atoms with Gasteiger partial charge in [-0.3, -0.25) is 4.79 Å². The number of nitrogens with one attached hydrogen (secondary N) is 2. The van der Waals surface area contributed by atoms with Crippen LogP contribution in [0.2, 0.25) is 0 Å². The van der Waals surface area contributed by atoms with E-state index in [1.165, 1.54) is 0 Å². The smallest absolute Gasteiger partial charge is 0.366 e. The summed E-state index contributed by atoms with van der Waals surface area (Å²) in [5.41, 5.74) is 6.35. The van der Waals surface area contributed by atoms with Gasteiger partial charge >= 0.3 is 6.18 Å². The minimum Gasteiger partial charge on any atom is -0.366 e. The second-order valence-electron chi connectivity index (χ2n) is 4.55. The molecule has 0 heterocycles. The molecule has 0 bridgehead atoms. The van der Waals surface area contributed by atoms with E-state index in [1.807, 2.05) is 6.92 Å². The number of primary amides is 1. The summed E-state index contributed by atoms with van der Waals surface area (Å²) in [6.45, 7) is 2.40. The number of amides is 1. The molecule has 23 heavy (non-hydrogen) atoms. The van der Waals surface area contributed by atoms with Crippen molar-refractivity contribution in [3.63, 3.8) is 0 Å². The van der Waals surface area contributed by atoms with E-state index in [0.717, 1.165) is 5.56 Å². The Labute approximate surface area is 149 Å². The highest BCUT2D eigenvalue weighted by atomic mass is 127. The number of benzene rings is 1. The third kappa shape index (κ3) is 9.26. The van der Waals surface area contributed by atoms with Gasteiger partial charge in [0.15, 0.2) is 5.96 Å². The first-order valence-corrected chi connectivity index (χ1v) is 6.79. The van der Waals surface area contributed by atoms with Crippen molar-refractivity contribution in [3.05, 3.63) is 35.4 Å². The minimum absolute atomic E-state index is 0. The fraction of sp³-hybridized carbons (Fsp3) is 0.429. The Bertz CT molecular complexity index is 518. The molecule has 0 saturated carbocycles. The number of hydrogen-bond donors (Lipinski definition) is 3. The summed E-state index contributed by atoms with van der Waals surface area (Å²) >= 11 is 0. The summed E-state index contributed by atoms with van der Waals surface area (Å²) < 4.78 is 36.3. The molecule has 0 fully saturated rings. The number of nitrogens with two attached hydrogens (primary N) is 1. The fourth-order valence-electron chi connectivity index (χ4n) is 1.61. The molecule has 0 spiro atoms. The van der Waals surface area contributed by atoms with Gasteiger partial charge in [0.05, 0.1) is 13.0 Å². The standard InChI is InChI=1S/C14H19F3N4O.HI/c1-2-19-13(20-8-7-14(15,16)17)21-9-10-3-5-11(6-4-10)12(18)22;/h3-6H,2,7-9H2,1H3,(H2,18,22)(H2,19,20,21);1H. The molecule has 0 aliphatic rings. The number of carbonyl (C=O) groups is 1. The Balaban J connectivity index is 0.00000484. The van der Waals surface area contributed by atoms with E-state index in [-0.39, 0.29) is 37.1 Å². The van der Waals surface area contributed by atoms with Crippen molar-refractivity contribution in [1.29, 1.82) is 0 Å². The van der Waals surface area contributed by atoms with Crippen LogP contribution in [0.4, 0.5) is 13.2 Å². The number of nitrogens with zero attached hydrogens (tertiary/aromatic N) is 1. The van der Waals surface area contributed by atoms with Gasteiger partial charge < -0.3 is 16.4 Å². The van der Waals surface area contributed by atoms with Crippen LogP contribution in [0.1, 0.15) is 29.3 Å². The molecule has 0 atom stereocenters. The maximum atomic E-state index is 12.1. The summed E-state index contributed by atoms with van der Waals surface area (Å²) in [6.07, 6.45) is -5.13. The number of halogens is 4. The van der Waals surface area contributed by atoms with E-state index in [9.17, 15) is 18.0 Å². The average Bonchev–Trinajstić information content (AvgIpc) is 2.44. The van der Waals surface area contributed by atoms with E-state index >= 15 is 0 Å². The van der Waals surface area contributed by atoms with Crippen molar-refractivity contribution in [2.45, 2.75) is 26.1 Å². The number of carbonyl (C=O) groups excluding carboxylic acids is 1. The molecule has 0 radical (unpaired) electrons. The molecule has 1 rings (SSSR count). The van der Waals surface area contributed by atoms with Gasteiger partial charge in [0.1, 0.15) is 0 Å². The summed E-state index contributed by atoms with van der Waals surface area (Å²) in [6, 6.07) is 6.56. The zero-order valence-corrected chi connectivity index (χ0v) is 14.9. The number of hydrogen-bond acceptors (Lipinski definition) is 2. The van der Waals surface area contributed by atoms with Gasteiger partial charge in [-0.25, -0.2) is 4.99 Å². The first-order chi connectivity index (χ1) is 10.3. The van der Waals surface area contributed by atoms with Crippen LogP contribution in [0.25, 0.3) is 0 Å². The average molecular weight is 444 g/mol. The number of alkyl halides is 3. The topological polar surface area (TPSA) is 79.5 Å². The molecule has 1 aromatic rings. The Morgan fingerprint density at radius 2 is 1.83 bits per heavy atom. The third-order valence-corrected chi connectivity index (χ3v) is 2.70. The molecule has 0 aliphatic heterocycles. The van der Waals surface area contributed by atoms with Crippen LogP contribution >= 0.6 is 24.0 Å². The predicted molar refractivity (Wildman–Crippen MR) is 93.9 cm³/mol. The van der Waals surface area contributed by atoms with Crippen LogP contribution in [0.5, 0.6) is 0 Å². The molecule has 1 aromatic carbocycles. The van der Waals surface area contributed by atoms with Crippen LogP contribution < -0.4 is 16.4 Å². The molecule has 5 nitrogen and oxygen atoms in total. The summed E-state index contributed by atoms with van der Waals surface area (Å²) in [4.78, 5) is 15.1. The second kappa shape index (κ2) is 10.3. The predicted octanol–water partition coefficient (Wildman–Crippen LogP) is 2.41. The van der Waals surface area contributed by atoms with E-state index in [0.29, 0.717) is 18.1 Å². The number of rotatable bonds is 6. The van der Waals surface area contributed by atoms with Gasteiger partial charge in [-0.2, -0.15) is 13.2 Å². The fourth-order valence-corrected chi connectivity index (χ4v) is 1.61. The first-order valence-electron chi connectivity index (χ1n) is 6.79. The quantitative estimate of drug-likeness (QED) is 0.358. The van der Waals surface area contributed by atoms with E-state index < -0.39 is 18.5 Å². The monoisotopic (exact) mass is 444 g/mol. The Morgan fingerprint density at radius 1 is 1.22 bits per heavy atom. The lowest BCUT2D eigenvalue weighted by Gasteiger charge is -2.12. The molecule has 0 aliphatic carbocycles.